The van der Waals surface area contributed by atoms with E-state index in [-0.39, 0.29) is 0 Å². The third-order valence-electron chi connectivity index (χ3n) is 3.06. The molecule has 1 rings (SSSR count). The summed E-state index contributed by atoms with van der Waals surface area (Å²) in [5.41, 5.74) is 0. The van der Waals surface area contributed by atoms with Gasteiger partial charge in [0.15, 0.2) is 0 Å². The molecule has 0 unspecified atom stereocenters. The molecule has 102 valence electrons. The van der Waals surface area contributed by atoms with Gasteiger partial charge in [-0.25, -0.2) is 0 Å². The van der Waals surface area contributed by atoms with Gasteiger partial charge in [0.1, 0.15) is 0 Å². The third kappa shape index (κ3) is 8.58. The fourth-order valence-corrected chi connectivity index (χ4v) is 2.12. The Labute approximate surface area is 106 Å². The van der Waals surface area contributed by atoms with E-state index < -0.39 is 0 Å². The van der Waals surface area contributed by atoms with Crippen LogP contribution in [0.4, 0.5) is 0 Å². The fourth-order valence-electron chi connectivity index (χ4n) is 2.12. The molecule has 0 radical (unpaired) electrons. The van der Waals surface area contributed by atoms with Crippen LogP contribution >= 0.6 is 0 Å². The first-order chi connectivity index (χ1) is 8.29. The van der Waals surface area contributed by atoms with E-state index in [0.29, 0.717) is 12.0 Å². The van der Waals surface area contributed by atoms with Gasteiger partial charge in [-0.05, 0) is 18.8 Å². The lowest BCUT2D eigenvalue weighted by Crippen LogP contribution is -2.27. The molecule has 1 aliphatic rings. The second-order valence-electron chi connectivity index (χ2n) is 5.35. The van der Waals surface area contributed by atoms with Crippen LogP contribution in [0, 0.1) is 5.92 Å². The van der Waals surface area contributed by atoms with E-state index in [9.17, 15) is 0 Å². The highest BCUT2D eigenvalue weighted by Gasteiger charge is 2.12. The monoisotopic (exact) mass is 243 g/mol. The first kappa shape index (κ1) is 14.9. The molecule has 0 aromatic heterocycles. The molecule has 3 heteroatoms. The average molecular weight is 243 g/mol. The molecule has 0 aliphatic heterocycles. The fraction of sp³-hybridized carbons (Fsp3) is 1.00. The van der Waals surface area contributed by atoms with Crippen molar-refractivity contribution < 1.29 is 9.47 Å². The molecular weight excluding hydrogens is 214 g/mol. The van der Waals surface area contributed by atoms with Gasteiger partial charge in [0, 0.05) is 19.7 Å². The molecule has 0 bridgehead atoms. The van der Waals surface area contributed by atoms with Crippen molar-refractivity contribution in [1.82, 2.24) is 5.32 Å². The molecule has 1 fully saturated rings. The Morgan fingerprint density at radius 1 is 1.06 bits per heavy atom. The highest BCUT2D eigenvalue weighted by Crippen LogP contribution is 2.19. The van der Waals surface area contributed by atoms with Gasteiger partial charge in [-0.2, -0.15) is 0 Å². The summed E-state index contributed by atoms with van der Waals surface area (Å²) in [7, 11) is 0. The number of ether oxygens (including phenoxy) is 2. The van der Waals surface area contributed by atoms with Crippen molar-refractivity contribution in [3.63, 3.8) is 0 Å². The van der Waals surface area contributed by atoms with Crippen LogP contribution in [0.25, 0.3) is 0 Å². The summed E-state index contributed by atoms with van der Waals surface area (Å²) in [6.45, 7) is 8.73. The minimum atomic E-state index is 0.530. The Morgan fingerprint density at radius 3 is 2.47 bits per heavy atom. The number of nitrogens with one attached hydrogen (secondary N) is 1. The van der Waals surface area contributed by atoms with Crippen LogP contribution in [0.15, 0.2) is 0 Å². The van der Waals surface area contributed by atoms with Crippen LogP contribution in [0.3, 0.4) is 0 Å². The van der Waals surface area contributed by atoms with Crippen LogP contribution in [0.5, 0.6) is 0 Å². The Kier molecular flexibility index (Phi) is 8.67. The van der Waals surface area contributed by atoms with Gasteiger partial charge in [0.05, 0.1) is 19.3 Å². The predicted molar refractivity (Wildman–Crippen MR) is 71.4 cm³/mol. The quantitative estimate of drug-likeness (QED) is 0.631. The molecule has 0 spiro atoms. The zero-order chi connectivity index (χ0) is 12.3. The largest absolute Gasteiger partial charge is 0.380 e. The molecule has 0 aromatic rings. The van der Waals surface area contributed by atoms with Crippen LogP contribution in [-0.4, -0.2) is 39.0 Å². The molecule has 3 nitrogen and oxygen atoms in total. The van der Waals surface area contributed by atoms with Crippen LogP contribution in [0.2, 0.25) is 0 Å². The highest BCUT2D eigenvalue weighted by molar-refractivity contribution is 4.65. The number of hydrogen-bond donors (Lipinski definition) is 1. The molecule has 0 heterocycles. The van der Waals surface area contributed by atoms with Gasteiger partial charge >= 0.3 is 0 Å². The van der Waals surface area contributed by atoms with Gasteiger partial charge in [0.25, 0.3) is 0 Å². The van der Waals surface area contributed by atoms with Crippen molar-refractivity contribution >= 4 is 0 Å². The first-order valence-corrected chi connectivity index (χ1v) is 7.19. The zero-order valence-corrected chi connectivity index (χ0v) is 11.5. The second-order valence-corrected chi connectivity index (χ2v) is 5.35. The molecule has 1 aliphatic carbocycles. The molecule has 1 saturated carbocycles. The summed E-state index contributed by atoms with van der Waals surface area (Å²) in [4.78, 5) is 0. The normalized spacial score (nSPS) is 17.8. The van der Waals surface area contributed by atoms with E-state index >= 15 is 0 Å². The Balaban J connectivity index is 1.78. The molecule has 0 aromatic carbocycles. The zero-order valence-electron chi connectivity index (χ0n) is 11.5. The molecule has 0 saturated heterocycles. The summed E-state index contributed by atoms with van der Waals surface area (Å²) in [6.07, 6.45) is 7.14. The van der Waals surface area contributed by atoms with E-state index in [1.165, 1.54) is 32.1 Å². The van der Waals surface area contributed by atoms with E-state index in [1.807, 2.05) is 0 Å². The summed E-state index contributed by atoms with van der Waals surface area (Å²) >= 11 is 0. The minimum absolute atomic E-state index is 0.530. The SMILES string of the molecule is CC(C)COCCNCCOC1CCCCC1. The lowest BCUT2D eigenvalue weighted by atomic mass is 9.98. The third-order valence-corrected chi connectivity index (χ3v) is 3.06. The van der Waals surface area contributed by atoms with Crippen molar-refractivity contribution in [2.24, 2.45) is 5.92 Å². The standard InChI is InChI=1S/C14H29NO2/c1-13(2)12-16-10-8-15-9-11-17-14-6-4-3-5-7-14/h13-15H,3-12H2,1-2H3. The Hall–Kier alpha value is -0.120. The Bertz CT molecular complexity index is 168. The molecular formula is C14H29NO2. The summed E-state index contributed by atoms with van der Waals surface area (Å²) in [6, 6.07) is 0. The minimum Gasteiger partial charge on any atom is -0.380 e. The number of hydrogen-bond acceptors (Lipinski definition) is 3. The topological polar surface area (TPSA) is 30.5 Å². The summed E-state index contributed by atoms with van der Waals surface area (Å²) in [5.74, 6) is 0.629. The van der Waals surface area contributed by atoms with Crippen molar-refractivity contribution in [2.45, 2.75) is 52.1 Å². The first-order valence-electron chi connectivity index (χ1n) is 7.19. The van der Waals surface area contributed by atoms with Gasteiger partial charge in [-0.3, -0.25) is 0 Å². The van der Waals surface area contributed by atoms with Crippen LogP contribution < -0.4 is 5.32 Å². The maximum atomic E-state index is 5.82. The van der Waals surface area contributed by atoms with E-state index in [4.69, 9.17) is 9.47 Å². The lowest BCUT2D eigenvalue weighted by Gasteiger charge is -2.22. The molecule has 1 N–H and O–H groups in total. The van der Waals surface area contributed by atoms with Crippen molar-refractivity contribution in [3.05, 3.63) is 0 Å². The van der Waals surface area contributed by atoms with Crippen molar-refractivity contribution in [2.75, 3.05) is 32.9 Å². The van der Waals surface area contributed by atoms with E-state index in [0.717, 1.165) is 32.9 Å². The average Bonchev–Trinajstić information content (AvgIpc) is 2.33. The number of rotatable bonds is 9. The van der Waals surface area contributed by atoms with Gasteiger partial charge < -0.3 is 14.8 Å². The van der Waals surface area contributed by atoms with Gasteiger partial charge in [-0.1, -0.05) is 33.1 Å². The second kappa shape index (κ2) is 9.86. The summed E-state index contributed by atoms with van der Waals surface area (Å²) in [5, 5.41) is 3.35. The highest BCUT2D eigenvalue weighted by atomic mass is 16.5. The smallest absolute Gasteiger partial charge is 0.0594 e. The summed E-state index contributed by atoms with van der Waals surface area (Å²) < 4.78 is 11.3. The maximum Gasteiger partial charge on any atom is 0.0594 e. The molecule has 0 amide bonds. The van der Waals surface area contributed by atoms with Crippen LogP contribution in [-0.2, 0) is 9.47 Å². The predicted octanol–water partition coefficient (Wildman–Crippen LogP) is 2.60. The van der Waals surface area contributed by atoms with Crippen LogP contribution in [0.1, 0.15) is 46.0 Å². The van der Waals surface area contributed by atoms with Crippen molar-refractivity contribution in [1.29, 1.82) is 0 Å². The van der Waals surface area contributed by atoms with Gasteiger partial charge in [0.2, 0.25) is 0 Å². The van der Waals surface area contributed by atoms with Gasteiger partial charge in [-0.15, -0.1) is 0 Å². The van der Waals surface area contributed by atoms with E-state index in [2.05, 4.69) is 19.2 Å². The molecule has 17 heavy (non-hydrogen) atoms. The molecule has 0 atom stereocenters. The van der Waals surface area contributed by atoms with E-state index in [1.54, 1.807) is 0 Å². The Morgan fingerprint density at radius 2 is 1.76 bits per heavy atom. The maximum absolute atomic E-state index is 5.82. The lowest BCUT2D eigenvalue weighted by molar-refractivity contribution is 0.0293. The van der Waals surface area contributed by atoms with Crippen molar-refractivity contribution in [3.8, 4) is 0 Å².